The summed E-state index contributed by atoms with van der Waals surface area (Å²) in [6.07, 6.45) is 5.26. The maximum absolute atomic E-state index is 12.6. The first-order valence-electron chi connectivity index (χ1n) is 10.9. The Hall–Kier alpha value is -2.87. The molecule has 1 aliphatic rings. The van der Waals surface area contributed by atoms with Gasteiger partial charge in [0.05, 0.1) is 0 Å². The maximum atomic E-state index is 12.6. The van der Waals surface area contributed by atoms with Crippen molar-refractivity contribution in [2.24, 2.45) is 5.92 Å². The summed E-state index contributed by atoms with van der Waals surface area (Å²) < 4.78 is 30.4. The molecule has 0 radical (unpaired) electrons. The second-order valence-corrected chi connectivity index (χ2v) is 9.73. The first-order valence-corrected chi connectivity index (χ1v) is 12.3. The standard InChI is InChI=1S/C24H30N2O5S/c1-17-8-9-18(2)22(16-17)32(29,30)31-21-12-10-20(11-13-21)24(28)26-15-14-25-23(27)19-6-4-3-5-7-19/h8-13,16,19H,3-7,14-15H2,1-2H3,(H,25,27)(H,26,28). The van der Waals surface area contributed by atoms with Crippen LogP contribution < -0.4 is 14.8 Å². The number of aryl methyl sites for hydroxylation is 2. The van der Waals surface area contributed by atoms with Crippen LogP contribution in [0.4, 0.5) is 0 Å². The van der Waals surface area contributed by atoms with E-state index in [1.54, 1.807) is 19.1 Å². The van der Waals surface area contributed by atoms with Gasteiger partial charge in [0.1, 0.15) is 10.6 Å². The molecule has 0 bridgehead atoms. The van der Waals surface area contributed by atoms with E-state index >= 15 is 0 Å². The summed E-state index contributed by atoms with van der Waals surface area (Å²) >= 11 is 0. The minimum atomic E-state index is -3.98. The van der Waals surface area contributed by atoms with E-state index < -0.39 is 10.1 Å². The van der Waals surface area contributed by atoms with E-state index in [0.29, 0.717) is 24.2 Å². The van der Waals surface area contributed by atoms with E-state index in [1.807, 2.05) is 13.0 Å². The molecule has 0 aromatic heterocycles. The molecule has 2 aromatic carbocycles. The van der Waals surface area contributed by atoms with E-state index in [2.05, 4.69) is 10.6 Å². The van der Waals surface area contributed by atoms with Gasteiger partial charge in [0.15, 0.2) is 0 Å². The Labute approximate surface area is 189 Å². The second kappa shape index (κ2) is 10.6. The second-order valence-electron chi connectivity index (χ2n) is 8.21. The number of amides is 2. The van der Waals surface area contributed by atoms with Gasteiger partial charge >= 0.3 is 10.1 Å². The maximum Gasteiger partial charge on any atom is 0.339 e. The van der Waals surface area contributed by atoms with Crippen LogP contribution in [-0.4, -0.2) is 33.3 Å². The van der Waals surface area contributed by atoms with Gasteiger partial charge in [-0.1, -0.05) is 31.4 Å². The molecule has 0 spiro atoms. The quantitative estimate of drug-likeness (QED) is 0.466. The van der Waals surface area contributed by atoms with Crippen molar-refractivity contribution in [2.45, 2.75) is 50.8 Å². The zero-order valence-corrected chi connectivity index (χ0v) is 19.3. The SMILES string of the molecule is Cc1ccc(C)c(S(=O)(=O)Oc2ccc(C(=O)NCCNC(=O)C3CCCCC3)cc2)c1. The molecule has 0 heterocycles. The fourth-order valence-corrected chi connectivity index (χ4v) is 5.03. The minimum Gasteiger partial charge on any atom is -0.379 e. The van der Waals surface area contributed by atoms with Gasteiger partial charge in [0.2, 0.25) is 5.91 Å². The molecule has 172 valence electrons. The summed E-state index contributed by atoms with van der Waals surface area (Å²) in [5.74, 6) is -0.0274. The first-order chi connectivity index (χ1) is 15.3. The molecule has 2 N–H and O–H groups in total. The van der Waals surface area contributed by atoms with Gasteiger partial charge in [-0.15, -0.1) is 0 Å². The Kier molecular flexibility index (Phi) is 7.90. The summed E-state index contributed by atoms with van der Waals surface area (Å²) in [4.78, 5) is 24.5. The molecule has 1 fully saturated rings. The molecule has 1 saturated carbocycles. The van der Waals surface area contributed by atoms with E-state index in [0.717, 1.165) is 31.2 Å². The molecule has 0 unspecified atom stereocenters. The lowest BCUT2D eigenvalue weighted by atomic mass is 9.89. The third-order valence-electron chi connectivity index (χ3n) is 5.62. The molecule has 0 atom stereocenters. The summed E-state index contributed by atoms with van der Waals surface area (Å²) in [5.41, 5.74) is 1.79. The van der Waals surface area contributed by atoms with Gasteiger partial charge in [0, 0.05) is 24.6 Å². The Balaban J connectivity index is 1.49. The van der Waals surface area contributed by atoms with Crippen molar-refractivity contribution in [3.63, 3.8) is 0 Å². The molecule has 1 aliphatic carbocycles. The van der Waals surface area contributed by atoms with Crippen LogP contribution in [-0.2, 0) is 14.9 Å². The third-order valence-corrected chi connectivity index (χ3v) is 7.01. The first kappa shape index (κ1) is 23.8. The highest BCUT2D eigenvalue weighted by Crippen LogP contribution is 2.24. The van der Waals surface area contributed by atoms with Crippen LogP contribution in [0.15, 0.2) is 47.4 Å². The van der Waals surface area contributed by atoms with Crippen molar-refractivity contribution in [1.29, 1.82) is 0 Å². The number of hydrogen-bond acceptors (Lipinski definition) is 5. The van der Waals surface area contributed by atoms with Gasteiger partial charge in [0.25, 0.3) is 5.91 Å². The average Bonchev–Trinajstić information content (AvgIpc) is 2.78. The number of hydrogen-bond donors (Lipinski definition) is 2. The average molecular weight is 459 g/mol. The van der Waals surface area contributed by atoms with E-state index in [4.69, 9.17) is 4.18 Å². The van der Waals surface area contributed by atoms with Gasteiger partial charge in [-0.2, -0.15) is 8.42 Å². The van der Waals surface area contributed by atoms with Crippen LogP contribution in [0.2, 0.25) is 0 Å². The van der Waals surface area contributed by atoms with Crippen molar-refractivity contribution < 1.29 is 22.2 Å². The summed E-state index contributed by atoms with van der Waals surface area (Å²) in [7, 11) is -3.98. The van der Waals surface area contributed by atoms with E-state index in [-0.39, 0.29) is 28.4 Å². The highest BCUT2D eigenvalue weighted by molar-refractivity contribution is 7.87. The molecule has 0 saturated heterocycles. The van der Waals surface area contributed by atoms with Crippen LogP contribution in [0.3, 0.4) is 0 Å². The predicted octanol–water partition coefficient (Wildman–Crippen LogP) is 3.50. The number of nitrogens with one attached hydrogen (secondary N) is 2. The van der Waals surface area contributed by atoms with E-state index in [9.17, 15) is 18.0 Å². The van der Waals surface area contributed by atoms with Gasteiger partial charge in [-0.05, 0) is 68.1 Å². The lowest BCUT2D eigenvalue weighted by Gasteiger charge is -2.20. The summed E-state index contributed by atoms with van der Waals surface area (Å²) in [5, 5.41) is 5.63. The number of carbonyl (C=O) groups excluding carboxylic acids is 2. The van der Waals surface area contributed by atoms with Crippen LogP contribution in [0, 0.1) is 19.8 Å². The zero-order chi connectivity index (χ0) is 23.1. The van der Waals surface area contributed by atoms with Crippen molar-refractivity contribution in [1.82, 2.24) is 10.6 Å². The lowest BCUT2D eigenvalue weighted by Crippen LogP contribution is -2.38. The van der Waals surface area contributed by atoms with Crippen LogP contribution in [0.1, 0.15) is 53.6 Å². The molecule has 7 nitrogen and oxygen atoms in total. The predicted molar refractivity (Wildman–Crippen MR) is 122 cm³/mol. The molecular formula is C24H30N2O5S. The van der Waals surface area contributed by atoms with Gasteiger partial charge < -0.3 is 14.8 Å². The monoisotopic (exact) mass is 458 g/mol. The fourth-order valence-electron chi connectivity index (χ4n) is 3.78. The number of benzene rings is 2. The van der Waals surface area contributed by atoms with Gasteiger partial charge in [-0.25, -0.2) is 0 Å². The zero-order valence-electron chi connectivity index (χ0n) is 18.5. The van der Waals surface area contributed by atoms with Crippen molar-refractivity contribution >= 4 is 21.9 Å². The van der Waals surface area contributed by atoms with Crippen LogP contribution in [0.5, 0.6) is 5.75 Å². The topological polar surface area (TPSA) is 102 Å². The highest BCUT2D eigenvalue weighted by Gasteiger charge is 2.21. The Bertz CT molecular complexity index is 1060. The fraction of sp³-hybridized carbons (Fsp3) is 0.417. The molecule has 8 heteroatoms. The Morgan fingerprint density at radius 2 is 1.59 bits per heavy atom. The lowest BCUT2D eigenvalue weighted by molar-refractivity contribution is -0.125. The number of carbonyl (C=O) groups is 2. The molecular weight excluding hydrogens is 428 g/mol. The smallest absolute Gasteiger partial charge is 0.339 e. The molecule has 2 amide bonds. The Morgan fingerprint density at radius 3 is 2.28 bits per heavy atom. The number of rotatable bonds is 8. The highest BCUT2D eigenvalue weighted by atomic mass is 32.2. The summed E-state index contributed by atoms with van der Waals surface area (Å²) in [6, 6.07) is 11.0. The molecule has 3 rings (SSSR count). The van der Waals surface area contributed by atoms with E-state index in [1.165, 1.54) is 30.7 Å². The minimum absolute atomic E-state index is 0.0607. The molecule has 32 heavy (non-hydrogen) atoms. The van der Waals surface area contributed by atoms with Crippen molar-refractivity contribution in [3.05, 3.63) is 59.2 Å². The van der Waals surface area contributed by atoms with Crippen LogP contribution in [0.25, 0.3) is 0 Å². The van der Waals surface area contributed by atoms with Crippen molar-refractivity contribution in [2.75, 3.05) is 13.1 Å². The Morgan fingerprint density at radius 1 is 0.938 bits per heavy atom. The van der Waals surface area contributed by atoms with Crippen LogP contribution >= 0.6 is 0 Å². The molecule has 0 aliphatic heterocycles. The van der Waals surface area contributed by atoms with Gasteiger partial charge in [-0.3, -0.25) is 9.59 Å². The summed E-state index contributed by atoms with van der Waals surface area (Å²) in [6.45, 7) is 4.21. The third kappa shape index (κ3) is 6.32. The van der Waals surface area contributed by atoms with Crippen molar-refractivity contribution in [3.8, 4) is 5.75 Å². The molecule has 2 aromatic rings. The largest absolute Gasteiger partial charge is 0.379 e. The normalized spacial score (nSPS) is 14.6.